The second-order valence-electron chi connectivity index (χ2n) is 7.76. The lowest BCUT2D eigenvalue weighted by atomic mass is 9.84. The Bertz CT molecular complexity index is 830. The molecule has 4 atom stereocenters. The Kier molecular flexibility index (Phi) is 4.62. The predicted octanol–water partition coefficient (Wildman–Crippen LogP) is 3.25. The van der Waals surface area contributed by atoms with Crippen LogP contribution in [0.25, 0.3) is 0 Å². The van der Waals surface area contributed by atoms with Gasteiger partial charge in [0.15, 0.2) is 5.82 Å². The van der Waals surface area contributed by atoms with Gasteiger partial charge in [-0.25, -0.2) is 0 Å². The summed E-state index contributed by atoms with van der Waals surface area (Å²) in [5.74, 6) is 2.38. The molecule has 4 rings (SSSR count). The molecular formula is C18H24BrN5O2. The summed E-state index contributed by atoms with van der Waals surface area (Å²) in [6.07, 6.45) is 5.22. The zero-order chi connectivity index (χ0) is 18.4. The number of carbonyl (C=O) groups excluding carboxylic acids is 1. The average Bonchev–Trinajstić information content (AvgIpc) is 3.38. The van der Waals surface area contributed by atoms with Crippen LogP contribution < -0.4 is 5.32 Å². The SMILES string of the molecule is Cc1nn(Cc2noc(C(=O)NC(C)C3CC4CCC3C4)n2)c(C)c1Br. The molecule has 2 aliphatic carbocycles. The van der Waals surface area contributed by atoms with Crippen molar-refractivity contribution in [2.75, 3.05) is 0 Å². The van der Waals surface area contributed by atoms with Gasteiger partial charge in [0.2, 0.25) is 0 Å². The first-order valence-electron chi connectivity index (χ1n) is 9.25. The monoisotopic (exact) mass is 421 g/mol. The first-order chi connectivity index (χ1) is 12.4. The van der Waals surface area contributed by atoms with Gasteiger partial charge >= 0.3 is 11.8 Å². The first-order valence-corrected chi connectivity index (χ1v) is 10.0. The van der Waals surface area contributed by atoms with Gasteiger partial charge in [0.05, 0.1) is 15.9 Å². The molecule has 2 aliphatic rings. The summed E-state index contributed by atoms with van der Waals surface area (Å²) < 4.78 is 7.94. The van der Waals surface area contributed by atoms with Gasteiger partial charge in [0.25, 0.3) is 0 Å². The molecular weight excluding hydrogens is 398 g/mol. The fourth-order valence-corrected chi connectivity index (χ4v) is 4.94. The third kappa shape index (κ3) is 3.19. The normalized spacial score (nSPS) is 25.6. The van der Waals surface area contributed by atoms with Crippen LogP contribution in [0.4, 0.5) is 0 Å². The maximum Gasteiger partial charge on any atom is 0.316 e. The molecule has 8 heteroatoms. The topological polar surface area (TPSA) is 85.8 Å². The fourth-order valence-electron chi connectivity index (χ4n) is 4.66. The maximum absolute atomic E-state index is 12.5. The number of nitrogens with zero attached hydrogens (tertiary/aromatic N) is 4. The highest BCUT2D eigenvalue weighted by molar-refractivity contribution is 9.10. The zero-order valence-corrected chi connectivity index (χ0v) is 16.9. The van der Waals surface area contributed by atoms with Gasteiger partial charge in [-0.3, -0.25) is 9.48 Å². The number of rotatable bonds is 5. The Balaban J connectivity index is 1.39. The van der Waals surface area contributed by atoms with Gasteiger partial charge in [0.1, 0.15) is 6.54 Å². The van der Waals surface area contributed by atoms with Crippen molar-refractivity contribution >= 4 is 21.8 Å². The lowest BCUT2D eigenvalue weighted by molar-refractivity contribution is 0.0871. The van der Waals surface area contributed by atoms with Gasteiger partial charge in [-0.05, 0) is 73.7 Å². The second kappa shape index (κ2) is 6.79. The van der Waals surface area contributed by atoms with Crippen LogP contribution in [0.5, 0.6) is 0 Å². The van der Waals surface area contributed by atoms with E-state index in [0.717, 1.165) is 27.7 Å². The Labute approximate surface area is 161 Å². The molecule has 0 saturated heterocycles. The van der Waals surface area contributed by atoms with Gasteiger partial charge in [-0.2, -0.15) is 10.1 Å². The van der Waals surface area contributed by atoms with Crippen molar-refractivity contribution in [1.82, 2.24) is 25.2 Å². The number of carbonyl (C=O) groups is 1. The molecule has 2 fully saturated rings. The molecule has 140 valence electrons. The minimum absolute atomic E-state index is 0.0237. The third-order valence-electron chi connectivity index (χ3n) is 6.04. The summed E-state index contributed by atoms with van der Waals surface area (Å²) in [5.41, 5.74) is 1.90. The largest absolute Gasteiger partial charge is 0.345 e. The van der Waals surface area contributed by atoms with E-state index in [2.05, 4.69) is 43.4 Å². The average molecular weight is 422 g/mol. The maximum atomic E-state index is 12.5. The smallest absolute Gasteiger partial charge is 0.316 e. The van der Waals surface area contributed by atoms with Crippen molar-refractivity contribution in [3.63, 3.8) is 0 Å². The summed E-state index contributed by atoms with van der Waals surface area (Å²) in [5, 5.41) is 11.4. The molecule has 26 heavy (non-hydrogen) atoms. The van der Waals surface area contributed by atoms with Gasteiger partial charge < -0.3 is 9.84 Å². The Morgan fingerprint density at radius 1 is 1.38 bits per heavy atom. The number of hydrogen-bond donors (Lipinski definition) is 1. The molecule has 4 unspecified atom stereocenters. The summed E-state index contributed by atoms with van der Waals surface area (Å²) in [7, 11) is 0. The van der Waals surface area contributed by atoms with Crippen LogP contribution in [0.3, 0.4) is 0 Å². The number of fused-ring (bicyclic) bond motifs is 2. The van der Waals surface area contributed by atoms with E-state index in [1.807, 2.05) is 13.8 Å². The van der Waals surface area contributed by atoms with Crippen LogP contribution in [0.15, 0.2) is 9.00 Å². The van der Waals surface area contributed by atoms with Gasteiger partial charge in [-0.1, -0.05) is 11.6 Å². The first kappa shape index (κ1) is 17.7. The van der Waals surface area contributed by atoms with Crippen LogP contribution in [0.2, 0.25) is 0 Å². The minimum atomic E-state index is -0.284. The van der Waals surface area contributed by atoms with Crippen molar-refractivity contribution in [2.24, 2.45) is 17.8 Å². The van der Waals surface area contributed by atoms with E-state index < -0.39 is 0 Å². The molecule has 2 heterocycles. The molecule has 1 N–H and O–H groups in total. The second-order valence-corrected chi connectivity index (χ2v) is 8.55. The summed E-state index contributed by atoms with van der Waals surface area (Å²) in [6.45, 7) is 6.36. The van der Waals surface area contributed by atoms with E-state index in [4.69, 9.17) is 4.52 Å². The number of hydrogen-bond acceptors (Lipinski definition) is 5. The number of aryl methyl sites for hydroxylation is 1. The molecule has 0 spiro atoms. The Hall–Kier alpha value is -1.70. The number of halogens is 1. The molecule has 2 aromatic heterocycles. The van der Waals surface area contributed by atoms with Crippen LogP contribution in [0, 0.1) is 31.6 Å². The van der Waals surface area contributed by atoms with Crippen LogP contribution in [0.1, 0.15) is 60.5 Å². The van der Waals surface area contributed by atoms with Crippen LogP contribution in [-0.2, 0) is 6.54 Å². The number of aromatic nitrogens is 4. The number of nitrogens with one attached hydrogen (secondary N) is 1. The molecule has 0 aromatic carbocycles. The fraction of sp³-hybridized carbons (Fsp3) is 0.667. The van der Waals surface area contributed by atoms with Gasteiger partial charge in [0, 0.05) is 6.04 Å². The van der Waals surface area contributed by atoms with E-state index in [9.17, 15) is 4.79 Å². The lowest BCUT2D eigenvalue weighted by Crippen LogP contribution is -2.40. The highest BCUT2D eigenvalue weighted by atomic mass is 79.9. The van der Waals surface area contributed by atoms with Crippen LogP contribution >= 0.6 is 15.9 Å². The highest BCUT2D eigenvalue weighted by Crippen LogP contribution is 2.49. The van der Waals surface area contributed by atoms with Crippen molar-refractivity contribution < 1.29 is 9.32 Å². The van der Waals surface area contributed by atoms with E-state index >= 15 is 0 Å². The Morgan fingerprint density at radius 2 is 2.19 bits per heavy atom. The molecule has 2 saturated carbocycles. The predicted molar refractivity (Wildman–Crippen MR) is 98.7 cm³/mol. The highest BCUT2D eigenvalue weighted by Gasteiger charge is 2.42. The molecule has 0 radical (unpaired) electrons. The van der Waals surface area contributed by atoms with Crippen molar-refractivity contribution in [3.05, 3.63) is 27.6 Å². The molecule has 7 nitrogen and oxygen atoms in total. The summed E-state index contributed by atoms with van der Waals surface area (Å²) in [4.78, 5) is 16.7. The third-order valence-corrected chi connectivity index (χ3v) is 7.19. The minimum Gasteiger partial charge on any atom is -0.345 e. The van der Waals surface area contributed by atoms with Crippen molar-refractivity contribution in [1.29, 1.82) is 0 Å². The van der Waals surface area contributed by atoms with Gasteiger partial charge in [-0.15, -0.1) is 0 Å². The van der Waals surface area contributed by atoms with E-state index in [1.165, 1.54) is 25.7 Å². The summed E-state index contributed by atoms with van der Waals surface area (Å²) >= 11 is 3.50. The quantitative estimate of drug-likeness (QED) is 0.800. The van der Waals surface area contributed by atoms with Crippen molar-refractivity contribution in [3.8, 4) is 0 Å². The van der Waals surface area contributed by atoms with E-state index in [-0.39, 0.29) is 17.8 Å². The summed E-state index contributed by atoms with van der Waals surface area (Å²) in [6, 6.07) is 0.139. The number of amides is 1. The van der Waals surface area contributed by atoms with Crippen molar-refractivity contribution in [2.45, 2.75) is 59.0 Å². The molecule has 1 amide bonds. The molecule has 2 aromatic rings. The molecule has 0 aliphatic heterocycles. The van der Waals surface area contributed by atoms with E-state index in [1.54, 1.807) is 4.68 Å². The van der Waals surface area contributed by atoms with E-state index in [0.29, 0.717) is 18.3 Å². The standard InChI is InChI=1S/C18H24BrN5O2/c1-9(14-7-12-4-5-13(14)6-12)20-17(25)18-21-15(23-26-18)8-24-11(3)16(19)10(2)22-24/h9,12-14H,4-8H2,1-3H3,(H,20,25). The van der Waals surface area contributed by atoms with Crippen LogP contribution in [-0.4, -0.2) is 31.9 Å². The zero-order valence-electron chi connectivity index (χ0n) is 15.3. The lowest BCUT2D eigenvalue weighted by Gasteiger charge is -2.28. The Morgan fingerprint density at radius 3 is 2.81 bits per heavy atom. The molecule has 2 bridgehead atoms.